The third-order valence-corrected chi connectivity index (χ3v) is 6.52. The Morgan fingerprint density at radius 2 is 1.91 bits per heavy atom. The Labute approximate surface area is 182 Å². The van der Waals surface area contributed by atoms with Crippen LogP contribution in [-0.2, 0) is 6.42 Å². The number of anilines is 1. The van der Waals surface area contributed by atoms with E-state index in [4.69, 9.17) is 0 Å². The average Bonchev–Trinajstić information content (AvgIpc) is 2.74. The van der Waals surface area contributed by atoms with Crippen molar-refractivity contribution >= 4 is 16.6 Å². The van der Waals surface area contributed by atoms with Crippen LogP contribution in [0.15, 0.2) is 47.3 Å². The number of phenols is 1. The van der Waals surface area contributed by atoms with Crippen LogP contribution < -0.4 is 10.9 Å². The van der Waals surface area contributed by atoms with Crippen molar-refractivity contribution in [3.8, 4) is 5.75 Å². The second-order valence-corrected chi connectivity index (χ2v) is 8.33. The van der Waals surface area contributed by atoms with Gasteiger partial charge in [-0.05, 0) is 54.5 Å². The molecule has 0 amide bonds. The molecule has 0 aliphatic heterocycles. The predicted molar refractivity (Wildman–Crippen MR) is 117 cm³/mol. The molecular formula is C24H25F3N2O3. The molecule has 1 aliphatic rings. The Morgan fingerprint density at radius 1 is 1.16 bits per heavy atom. The molecule has 3 aromatic rings. The van der Waals surface area contributed by atoms with E-state index in [1.807, 2.05) is 6.92 Å². The topological polar surface area (TPSA) is 85.3 Å². The number of aromatic hydroxyl groups is 1. The summed E-state index contributed by atoms with van der Waals surface area (Å²) in [4.78, 5) is 14.3. The first-order valence-corrected chi connectivity index (χ1v) is 10.6. The number of pyridine rings is 1. The fourth-order valence-corrected chi connectivity index (χ4v) is 4.78. The molecule has 1 heterocycles. The fourth-order valence-electron chi connectivity index (χ4n) is 4.78. The van der Waals surface area contributed by atoms with Gasteiger partial charge in [-0.15, -0.1) is 0 Å². The van der Waals surface area contributed by atoms with E-state index in [9.17, 15) is 28.2 Å². The highest BCUT2D eigenvalue weighted by Crippen LogP contribution is 2.55. The molecule has 1 aromatic heterocycles. The van der Waals surface area contributed by atoms with Gasteiger partial charge in [-0.1, -0.05) is 32.0 Å². The van der Waals surface area contributed by atoms with Gasteiger partial charge in [-0.25, -0.2) is 0 Å². The number of hydrogen-bond acceptors (Lipinski definition) is 4. The normalized spacial score (nSPS) is 23.2. The van der Waals surface area contributed by atoms with Crippen LogP contribution in [-0.4, -0.2) is 27.0 Å². The molecule has 0 saturated carbocycles. The molecule has 4 N–H and O–H groups in total. The van der Waals surface area contributed by atoms with Gasteiger partial charge in [-0.2, -0.15) is 13.2 Å². The molecule has 170 valence electrons. The zero-order valence-electron chi connectivity index (χ0n) is 17.8. The molecule has 3 atom stereocenters. The second kappa shape index (κ2) is 7.85. The second-order valence-electron chi connectivity index (χ2n) is 8.33. The smallest absolute Gasteiger partial charge is 0.419 e. The van der Waals surface area contributed by atoms with Gasteiger partial charge < -0.3 is 20.5 Å². The molecule has 0 spiro atoms. The van der Waals surface area contributed by atoms with E-state index < -0.39 is 30.2 Å². The maximum Gasteiger partial charge on any atom is 0.419 e. The lowest BCUT2D eigenvalue weighted by atomic mass is 9.68. The number of aliphatic hydroxyl groups is 1. The summed E-state index contributed by atoms with van der Waals surface area (Å²) < 4.78 is 42.9. The molecule has 1 aliphatic carbocycles. The highest BCUT2D eigenvalue weighted by atomic mass is 19.4. The SMILES string of the molecule is CCc1ccc2c(c1O)[C@@H](CC)C[C@](O)(C(F)(F)F)[C@H]2Nc1cccc2[nH]c(=O)ccc12. The number of aryl methyl sites for hydroxylation is 1. The van der Waals surface area contributed by atoms with Gasteiger partial charge in [0.15, 0.2) is 5.60 Å². The zero-order valence-corrected chi connectivity index (χ0v) is 17.8. The van der Waals surface area contributed by atoms with Crippen molar-refractivity contribution in [2.45, 2.75) is 56.8 Å². The third-order valence-electron chi connectivity index (χ3n) is 6.52. The monoisotopic (exact) mass is 446 g/mol. The van der Waals surface area contributed by atoms with Crippen molar-refractivity contribution in [1.82, 2.24) is 4.98 Å². The van der Waals surface area contributed by atoms with Gasteiger partial charge in [0.05, 0.1) is 11.6 Å². The van der Waals surface area contributed by atoms with Crippen LogP contribution in [0.2, 0.25) is 0 Å². The number of nitrogens with one attached hydrogen (secondary N) is 2. The molecule has 0 bridgehead atoms. The lowest BCUT2D eigenvalue weighted by Gasteiger charge is -2.46. The number of rotatable bonds is 4. The van der Waals surface area contributed by atoms with Crippen LogP contribution in [0.1, 0.15) is 55.3 Å². The Hall–Kier alpha value is -3.00. The maximum atomic E-state index is 14.3. The molecule has 4 rings (SSSR count). The molecule has 32 heavy (non-hydrogen) atoms. The standard InChI is InChI=1S/C24H25F3N2O3/c1-3-13-8-9-16-20(21(13)31)14(4-2)12-23(32,24(25,26)27)22(16)29-18-7-5-6-17-15(18)10-11-19(30)28-17/h5-11,14,22,29,31-32H,3-4,12H2,1-2H3,(H,28,30)/t14-,22-,23+/m0/s1. The third kappa shape index (κ3) is 3.43. The van der Waals surface area contributed by atoms with E-state index >= 15 is 0 Å². The summed E-state index contributed by atoms with van der Waals surface area (Å²) >= 11 is 0. The molecule has 0 unspecified atom stereocenters. The highest BCUT2D eigenvalue weighted by Gasteiger charge is 2.62. The van der Waals surface area contributed by atoms with Crippen LogP contribution in [0.5, 0.6) is 5.75 Å². The van der Waals surface area contributed by atoms with Gasteiger partial charge in [0, 0.05) is 22.7 Å². The van der Waals surface area contributed by atoms with Crippen LogP contribution in [0.4, 0.5) is 18.9 Å². The van der Waals surface area contributed by atoms with E-state index in [1.165, 1.54) is 12.1 Å². The Bertz CT molecular complexity index is 1220. The number of benzene rings is 2. The number of H-pyrrole nitrogens is 1. The van der Waals surface area contributed by atoms with E-state index in [1.54, 1.807) is 37.3 Å². The van der Waals surface area contributed by atoms with Crippen LogP contribution >= 0.6 is 0 Å². The van der Waals surface area contributed by atoms with Crippen molar-refractivity contribution in [2.24, 2.45) is 0 Å². The number of alkyl halides is 3. The van der Waals surface area contributed by atoms with Crippen LogP contribution in [0.3, 0.4) is 0 Å². The Balaban J connectivity index is 1.94. The van der Waals surface area contributed by atoms with E-state index in [0.717, 1.165) is 0 Å². The van der Waals surface area contributed by atoms with E-state index in [0.29, 0.717) is 40.6 Å². The first kappa shape index (κ1) is 22.2. The quantitative estimate of drug-likeness (QED) is 0.447. The van der Waals surface area contributed by atoms with Crippen molar-refractivity contribution < 1.29 is 23.4 Å². The lowest BCUT2D eigenvalue weighted by Crippen LogP contribution is -2.55. The molecule has 0 radical (unpaired) electrons. The highest BCUT2D eigenvalue weighted by molar-refractivity contribution is 5.91. The first-order chi connectivity index (χ1) is 15.1. The van der Waals surface area contributed by atoms with Gasteiger partial charge in [-0.3, -0.25) is 4.79 Å². The first-order valence-electron chi connectivity index (χ1n) is 10.6. The summed E-state index contributed by atoms with van der Waals surface area (Å²) in [6.07, 6.45) is -4.60. The van der Waals surface area contributed by atoms with Crippen LogP contribution in [0, 0.1) is 0 Å². The summed E-state index contributed by atoms with van der Waals surface area (Å²) in [6.45, 7) is 3.61. The minimum atomic E-state index is -4.91. The van der Waals surface area contributed by atoms with Crippen molar-refractivity contribution in [1.29, 1.82) is 0 Å². The van der Waals surface area contributed by atoms with Gasteiger partial charge in [0.1, 0.15) is 5.75 Å². The minimum absolute atomic E-state index is 0.00451. The van der Waals surface area contributed by atoms with Crippen molar-refractivity contribution in [2.75, 3.05) is 5.32 Å². The molecule has 2 aromatic carbocycles. The summed E-state index contributed by atoms with van der Waals surface area (Å²) in [5, 5.41) is 25.4. The van der Waals surface area contributed by atoms with E-state index in [2.05, 4.69) is 10.3 Å². The zero-order chi connectivity index (χ0) is 23.3. The maximum absolute atomic E-state index is 14.3. The number of hydrogen-bond donors (Lipinski definition) is 4. The fraction of sp³-hybridized carbons (Fsp3) is 0.375. The summed E-state index contributed by atoms with van der Waals surface area (Å²) in [5.41, 5.74) is -1.25. The summed E-state index contributed by atoms with van der Waals surface area (Å²) in [5.74, 6) is -0.653. The van der Waals surface area contributed by atoms with Gasteiger partial charge >= 0.3 is 6.18 Å². The number of fused-ring (bicyclic) bond motifs is 2. The molecule has 5 nitrogen and oxygen atoms in total. The molecule has 8 heteroatoms. The number of aromatic nitrogens is 1. The number of phenolic OH excluding ortho intramolecular Hbond substituents is 1. The molecule has 0 fully saturated rings. The number of aromatic amines is 1. The minimum Gasteiger partial charge on any atom is -0.507 e. The van der Waals surface area contributed by atoms with Gasteiger partial charge in [0.2, 0.25) is 5.56 Å². The van der Waals surface area contributed by atoms with Crippen molar-refractivity contribution in [3.63, 3.8) is 0 Å². The predicted octanol–water partition coefficient (Wildman–Crippen LogP) is 5.14. The summed E-state index contributed by atoms with van der Waals surface area (Å²) in [7, 11) is 0. The van der Waals surface area contributed by atoms with Gasteiger partial charge in [0.25, 0.3) is 0 Å². The van der Waals surface area contributed by atoms with Crippen molar-refractivity contribution in [3.05, 3.63) is 69.5 Å². The lowest BCUT2D eigenvalue weighted by molar-refractivity contribution is -0.272. The Morgan fingerprint density at radius 3 is 2.56 bits per heavy atom. The Kier molecular flexibility index (Phi) is 5.45. The summed E-state index contributed by atoms with van der Waals surface area (Å²) in [6, 6.07) is 9.32. The largest absolute Gasteiger partial charge is 0.507 e. The van der Waals surface area contributed by atoms with Crippen LogP contribution in [0.25, 0.3) is 10.9 Å². The molecular weight excluding hydrogens is 421 g/mol. The average molecular weight is 446 g/mol. The van der Waals surface area contributed by atoms with E-state index in [-0.39, 0.29) is 16.9 Å². The number of halogens is 3. The molecule has 0 saturated heterocycles.